The molecule has 1 aliphatic heterocycles. The van der Waals surface area contributed by atoms with Crippen LogP contribution in [0.2, 0.25) is 0 Å². The molecule has 2 heterocycles. The summed E-state index contributed by atoms with van der Waals surface area (Å²) in [6.07, 6.45) is 0.858. The monoisotopic (exact) mass is 393 g/mol. The molecule has 0 bridgehead atoms. The van der Waals surface area contributed by atoms with Crippen molar-refractivity contribution in [3.8, 4) is 0 Å². The van der Waals surface area contributed by atoms with Crippen LogP contribution in [0.3, 0.4) is 0 Å². The molecular formula is C19H17F2NO4S. The molecule has 27 heavy (non-hydrogen) atoms. The van der Waals surface area contributed by atoms with Gasteiger partial charge >= 0.3 is 5.97 Å². The predicted octanol–water partition coefficient (Wildman–Crippen LogP) is 3.30. The second-order valence-corrected chi connectivity index (χ2v) is 7.15. The lowest BCUT2D eigenvalue weighted by Crippen LogP contribution is -2.40. The van der Waals surface area contributed by atoms with Gasteiger partial charge in [0, 0.05) is 13.1 Å². The molecule has 2 aromatic rings. The Kier molecular flexibility index (Phi) is 5.95. The van der Waals surface area contributed by atoms with Gasteiger partial charge in [-0.2, -0.15) is 0 Å². The van der Waals surface area contributed by atoms with E-state index in [4.69, 9.17) is 4.74 Å². The highest BCUT2D eigenvalue weighted by Gasteiger charge is 2.29. The Hall–Kier alpha value is -2.61. The number of benzene rings is 1. The fourth-order valence-electron chi connectivity index (χ4n) is 2.92. The second kappa shape index (κ2) is 8.39. The highest BCUT2D eigenvalue weighted by Crippen LogP contribution is 2.22. The third-order valence-corrected chi connectivity index (χ3v) is 5.28. The number of ether oxygens (including phenoxy) is 1. The molecule has 1 amide bonds. The zero-order valence-electron chi connectivity index (χ0n) is 14.3. The van der Waals surface area contributed by atoms with E-state index in [0.29, 0.717) is 30.8 Å². The average Bonchev–Trinajstić information content (AvgIpc) is 3.22. The van der Waals surface area contributed by atoms with Gasteiger partial charge in [-0.25, -0.2) is 8.78 Å². The molecule has 0 aliphatic carbocycles. The Balaban J connectivity index is 1.49. The van der Waals surface area contributed by atoms with Crippen molar-refractivity contribution in [2.75, 3.05) is 19.7 Å². The molecule has 1 fully saturated rings. The summed E-state index contributed by atoms with van der Waals surface area (Å²) in [6, 6.07) is 6.10. The van der Waals surface area contributed by atoms with Crippen molar-refractivity contribution in [2.45, 2.75) is 12.8 Å². The minimum absolute atomic E-state index is 0.0615. The van der Waals surface area contributed by atoms with E-state index in [1.165, 1.54) is 11.3 Å². The van der Waals surface area contributed by atoms with E-state index in [1.807, 2.05) is 5.38 Å². The lowest BCUT2D eigenvalue weighted by atomic mass is 9.97. The Labute approximate surface area is 158 Å². The first-order valence-electron chi connectivity index (χ1n) is 8.43. The lowest BCUT2D eigenvalue weighted by Gasteiger charge is -2.30. The molecule has 1 aromatic carbocycles. The van der Waals surface area contributed by atoms with Crippen LogP contribution in [0, 0.1) is 17.6 Å². The molecule has 1 aromatic heterocycles. The zero-order valence-corrected chi connectivity index (χ0v) is 15.1. The van der Waals surface area contributed by atoms with Crippen LogP contribution in [-0.2, 0) is 9.53 Å². The maximum atomic E-state index is 13.6. The standard InChI is InChI=1S/C19H17F2NO4S/c20-13-3-4-15(21)14(10-13)16(23)11-26-19(25)12-5-7-22(8-6-12)18(24)17-2-1-9-27-17/h1-4,9-10,12H,5-8,11H2. The summed E-state index contributed by atoms with van der Waals surface area (Å²) in [5, 5.41) is 1.83. The summed E-state index contributed by atoms with van der Waals surface area (Å²) in [5.41, 5.74) is -0.445. The molecule has 3 rings (SSSR count). The molecule has 5 nitrogen and oxygen atoms in total. The van der Waals surface area contributed by atoms with Crippen molar-refractivity contribution < 1.29 is 27.9 Å². The number of carbonyl (C=O) groups is 3. The van der Waals surface area contributed by atoms with Crippen LogP contribution in [0.4, 0.5) is 8.78 Å². The summed E-state index contributed by atoms with van der Waals surface area (Å²) in [5.74, 6) is -3.46. The fraction of sp³-hybridized carbons (Fsp3) is 0.316. The topological polar surface area (TPSA) is 63.7 Å². The molecule has 142 valence electrons. The number of piperidine rings is 1. The van der Waals surface area contributed by atoms with Crippen LogP contribution in [0.25, 0.3) is 0 Å². The molecule has 0 spiro atoms. The van der Waals surface area contributed by atoms with Crippen molar-refractivity contribution >= 4 is 29.0 Å². The van der Waals surface area contributed by atoms with Crippen LogP contribution >= 0.6 is 11.3 Å². The minimum atomic E-state index is -0.863. The van der Waals surface area contributed by atoms with E-state index in [1.54, 1.807) is 17.0 Å². The van der Waals surface area contributed by atoms with E-state index in [-0.39, 0.29) is 5.91 Å². The second-order valence-electron chi connectivity index (χ2n) is 6.20. The molecule has 8 heteroatoms. The van der Waals surface area contributed by atoms with Crippen molar-refractivity contribution in [3.63, 3.8) is 0 Å². The van der Waals surface area contributed by atoms with Gasteiger partial charge in [0.15, 0.2) is 6.61 Å². The largest absolute Gasteiger partial charge is 0.457 e. The summed E-state index contributed by atoms with van der Waals surface area (Å²) in [6.45, 7) is 0.194. The Bertz CT molecular complexity index is 845. The normalized spacial score (nSPS) is 14.8. The SMILES string of the molecule is O=C(COC(=O)C1CCN(C(=O)c2cccs2)CC1)c1cc(F)ccc1F. The van der Waals surface area contributed by atoms with Crippen LogP contribution in [-0.4, -0.2) is 42.3 Å². The van der Waals surface area contributed by atoms with Gasteiger partial charge in [-0.15, -0.1) is 11.3 Å². The number of thiophene rings is 1. The highest BCUT2D eigenvalue weighted by atomic mass is 32.1. The number of ketones is 1. The van der Waals surface area contributed by atoms with E-state index >= 15 is 0 Å². The third-order valence-electron chi connectivity index (χ3n) is 4.42. The maximum absolute atomic E-state index is 13.6. The number of rotatable bonds is 5. The van der Waals surface area contributed by atoms with Crippen molar-refractivity contribution in [1.29, 1.82) is 0 Å². The number of esters is 1. The average molecular weight is 393 g/mol. The van der Waals surface area contributed by atoms with E-state index in [9.17, 15) is 23.2 Å². The molecule has 1 saturated heterocycles. The predicted molar refractivity (Wildman–Crippen MR) is 94.6 cm³/mol. The third kappa shape index (κ3) is 4.57. The highest BCUT2D eigenvalue weighted by molar-refractivity contribution is 7.12. The van der Waals surface area contributed by atoms with Crippen LogP contribution in [0.5, 0.6) is 0 Å². The number of carbonyl (C=O) groups excluding carboxylic acids is 3. The van der Waals surface area contributed by atoms with Gasteiger partial charge in [0.05, 0.1) is 16.4 Å². The molecule has 1 aliphatic rings. The summed E-state index contributed by atoms with van der Waals surface area (Å²) < 4.78 is 31.7. The first-order chi connectivity index (χ1) is 13.0. The number of hydrogen-bond donors (Lipinski definition) is 0. The Morgan fingerprint density at radius 2 is 1.89 bits per heavy atom. The Morgan fingerprint density at radius 1 is 1.15 bits per heavy atom. The van der Waals surface area contributed by atoms with Gasteiger partial charge in [-0.05, 0) is 42.5 Å². The minimum Gasteiger partial charge on any atom is -0.457 e. The summed E-state index contributed by atoms with van der Waals surface area (Å²) in [7, 11) is 0. The van der Waals surface area contributed by atoms with Gasteiger partial charge in [0.1, 0.15) is 11.6 Å². The number of halogens is 2. The van der Waals surface area contributed by atoms with Crippen LogP contribution < -0.4 is 0 Å². The molecule has 0 radical (unpaired) electrons. The number of likely N-dealkylation sites (tertiary alicyclic amines) is 1. The van der Waals surface area contributed by atoms with Crippen molar-refractivity contribution in [3.05, 3.63) is 57.8 Å². The fourth-order valence-corrected chi connectivity index (χ4v) is 3.61. The smallest absolute Gasteiger partial charge is 0.309 e. The zero-order chi connectivity index (χ0) is 19.4. The quantitative estimate of drug-likeness (QED) is 0.578. The molecular weight excluding hydrogens is 376 g/mol. The Morgan fingerprint density at radius 3 is 2.56 bits per heavy atom. The van der Waals surface area contributed by atoms with Crippen molar-refractivity contribution in [2.24, 2.45) is 5.92 Å². The first-order valence-corrected chi connectivity index (χ1v) is 9.31. The van der Waals surface area contributed by atoms with Crippen LogP contribution in [0.15, 0.2) is 35.7 Å². The molecule has 0 unspecified atom stereocenters. The van der Waals surface area contributed by atoms with E-state index in [2.05, 4.69) is 0 Å². The van der Waals surface area contributed by atoms with Gasteiger partial charge in [-0.3, -0.25) is 14.4 Å². The van der Waals surface area contributed by atoms with Gasteiger partial charge in [-0.1, -0.05) is 6.07 Å². The maximum Gasteiger partial charge on any atom is 0.309 e. The number of hydrogen-bond acceptors (Lipinski definition) is 5. The van der Waals surface area contributed by atoms with Crippen LogP contribution in [0.1, 0.15) is 32.9 Å². The van der Waals surface area contributed by atoms with E-state index in [0.717, 1.165) is 18.2 Å². The number of amides is 1. The molecule has 0 N–H and O–H groups in total. The number of nitrogens with zero attached hydrogens (tertiary/aromatic N) is 1. The van der Waals surface area contributed by atoms with Gasteiger partial charge < -0.3 is 9.64 Å². The van der Waals surface area contributed by atoms with E-state index < -0.39 is 41.5 Å². The van der Waals surface area contributed by atoms with Gasteiger partial charge in [0.25, 0.3) is 5.91 Å². The molecule has 0 saturated carbocycles. The summed E-state index contributed by atoms with van der Waals surface area (Å²) in [4.78, 5) is 38.7. The molecule has 0 atom stereocenters. The first kappa shape index (κ1) is 19.2. The van der Waals surface area contributed by atoms with Gasteiger partial charge in [0.2, 0.25) is 5.78 Å². The van der Waals surface area contributed by atoms with Crippen molar-refractivity contribution in [1.82, 2.24) is 4.90 Å². The lowest BCUT2D eigenvalue weighted by molar-refractivity contribution is -0.148. The number of Topliss-reactive ketones (excluding diaryl/α,β-unsaturated/α-hetero) is 1. The summed E-state index contributed by atoms with van der Waals surface area (Å²) >= 11 is 1.37.